The molecule has 116 valence electrons. The van der Waals surface area contributed by atoms with Gasteiger partial charge in [0, 0.05) is 10.8 Å². The lowest BCUT2D eigenvalue weighted by molar-refractivity contribution is 0.00578. The Morgan fingerprint density at radius 1 is 1.14 bits per heavy atom. The van der Waals surface area contributed by atoms with E-state index in [1.54, 1.807) is 6.07 Å². The highest BCUT2D eigenvalue weighted by Crippen LogP contribution is 2.37. The van der Waals surface area contributed by atoms with Gasteiger partial charge in [0.25, 0.3) is 0 Å². The van der Waals surface area contributed by atoms with Gasteiger partial charge in [-0.3, -0.25) is 0 Å². The summed E-state index contributed by atoms with van der Waals surface area (Å²) in [5.41, 5.74) is 0.488. The first kappa shape index (κ1) is 15.1. The fourth-order valence-corrected chi connectivity index (χ4v) is 2.44. The molecule has 0 aliphatic carbocycles. The molecule has 1 saturated heterocycles. The molecule has 0 radical (unpaired) electrons. The molecule has 0 amide bonds. The molecule has 22 heavy (non-hydrogen) atoms. The zero-order valence-corrected chi connectivity index (χ0v) is 13.4. The van der Waals surface area contributed by atoms with Crippen LogP contribution < -0.4 is 5.46 Å². The van der Waals surface area contributed by atoms with Crippen LogP contribution in [0.2, 0.25) is 0 Å². The molecular formula is C16H19BO5. The lowest BCUT2D eigenvalue weighted by atomic mass is 9.78. The third-order valence-corrected chi connectivity index (χ3v) is 4.47. The van der Waals surface area contributed by atoms with Crippen molar-refractivity contribution in [2.24, 2.45) is 0 Å². The van der Waals surface area contributed by atoms with E-state index in [1.165, 1.54) is 7.11 Å². The van der Waals surface area contributed by atoms with E-state index in [9.17, 15) is 4.79 Å². The van der Waals surface area contributed by atoms with Crippen LogP contribution in [0.1, 0.15) is 38.2 Å². The highest BCUT2D eigenvalue weighted by molar-refractivity contribution is 6.64. The summed E-state index contributed by atoms with van der Waals surface area (Å²) in [6.45, 7) is 7.98. The van der Waals surface area contributed by atoms with E-state index in [2.05, 4.69) is 0 Å². The van der Waals surface area contributed by atoms with Gasteiger partial charge in [0.15, 0.2) is 0 Å². The quantitative estimate of drug-likeness (QED) is 0.630. The molecule has 1 aliphatic rings. The van der Waals surface area contributed by atoms with Gasteiger partial charge in [-0.1, -0.05) is 18.2 Å². The molecule has 1 aliphatic heterocycles. The molecule has 1 aromatic heterocycles. The fourth-order valence-electron chi connectivity index (χ4n) is 2.44. The zero-order valence-electron chi connectivity index (χ0n) is 13.4. The van der Waals surface area contributed by atoms with E-state index in [4.69, 9.17) is 18.5 Å². The number of rotatable bonds is 2. The number of fused-ring (bicyclic) bond motifs is 1. The van der Waals surface area contributed by atoms with E-state index in [-0.39, 0.29) is 5.76 Å². The van der Waals surface area contributed by atoms with E-state index in [0.29, 0.717) is 5.58 Å². The highest BCUT2D eigenvalue weighted by atomic mass is 16.7. The summed E-state index contributed by atoms with van der Waals surface area (Å²) in [4.78, 5) is 11.6. The molecule has 0 saturated carbocycles. The fraction of sp³-hybridized carbons (Fsp3) is 0.438. The lowest BCUT2D eigenvalue weighted by Crippen LogP contribution is -2.41. The number of hydrogen-bond donors (Lipinski definition) is 0. The predicted octanol–water partition coefficient (Wildman–Crippen LogP) is 2.52. The summed E-state index contributed by atoms with van der Waals surface area (Å²) in [6, 6.07) is 7.31. The van der Waals surface area contributed by atoms with Gasteiger partial charge in [-0.25, -0.2) is 4.79 Å². The van der Waals surface area contributed by atoms with Gasteiger partial charge >= 0.3 is 13.1 Å². The van der Waals surface area contributed by atoms with Crippen molar-refractivity contribution in [3.05, 3.63) is 30.0 Å². The van der Waals surface area contributed by atoms with E-state index < -0.39 is 24.3 Å². The molecule has 0 spiro atoms. The lowest BCUT2D eigenvalue weighted by Gasteiger charge is -2.32. The van der Waals surface area contributed by atoms with E-state index >= 15 is 0 Å². The zero-order chi connectivity index (χ0) is 16.1. The SMILES string of the molecule is COC(=O)c1cc2cccc(B3OC(C)(C)C(C)(C)O3)c2o1. The highest BCUT2D eigenvalue weighted by Gasteiger charge is 2.52. The molecule has 0 bridgehead atoms. The van der Waals surface area contributed by atoms with Crippen LogP contribution in [0.4, 0.5) is 0 Å². The second-order valence-electron chi connectivity index (χ2n) is 6.46. The number of carbonyl (C=O) groups is 1. The van der Waals surface area contributed by atoms with E-state index in [0.717, 1.165) is 10.8 Å². The monoisotopic (exact) mass is 302 g/mol. The smallest absolute Gasteiger partial charge is 0.463 e. The molecule has 6 heteroatoms. The number of furan rings is 1. The number of hydrogen-bond acceptors (Lipinski definition) is 5. The van der Waals surface area contributed by atoms with Crippen LogP contribution in [-0.2, 0) is 14.0 Å². The first-order chi connectivity index (χ1) is 10.2. The molecule has 5 nitrogen and oxygen atoms in total. The molecule has 1 fully saturated rings. The van der Waals surface area contributed by atoms with Gasteiger partial charge in [-0.05, 0) is 33.8 Å². The minimum atomic E-state index is -0.537. The van der Waals surface area contributed by atoms with Gasteiger partial charge in [0.2, 0.25) is 5.76 Å². The molecular weight excluding hydrogens is 283 g/mol. The third-order valence-electron chi connectivity index (χ3n) is 4.47. The summed E-state index contributed by atoms with van der Waals surface area (Å²) >= 11 is 0. The van der Waals surface area contributed by atoms with Gasteiger partial charge in [-0.15, -0.1) is 0 Å². The number of para-hydroxylation sites is 1. The molecule has 2 aromatic rings. The second-order valence-corrected chi connectivity index (χ2v) is 6.46. The Hall–Kier alpha value is -1.79. The van der Waals surface area contributed by atoms with Crippen LogP contribution in [0.15, 0.2) is 28.7 Å². The van der Waals surface area contributed by atoms with Crippen molar-refractivity contribution in [1.82, 2.24) is 0 Å². The summed E-state index contributed by atoms with van der Waals surface area (Å²) in [5.74, 6) is -0.336. The van der Waals surface area contributed by atoms with Crippen molar-refractivity contribution >= 4 is 29.5 Å². The van der Waals surface area contributed by atoms with Gasteiger partial charge < -0.3 is 18.5 Å². The minimum absolute atomic E-state index is 0.168. The second kappa shape index (κ2) is 4.86. The van der Waals surface area contributed by atoms with Crippen molar-refractivity contribution < 1.29 is 23.3 Å². The van der Waals surface area contributed by atoms with Crippen molar-refractivity contribution in [2.45, 2.75) is 38.9 Å². The standard InChI is InChI=1S/C16H19BO5/c1-15(2)16(3,4)22-17(21-15)11-8-6-7-10-9-12(14(18)19-5)20-13(10)11/h6-9H,1-5H3. The van der Waals surface area contributed by atoms with Crippen LogP contribution in [-0.4, -0.2) is 31.4 Å². The summed E-state index contributed by atoms with van der Waals surface area (Å²) in [5, 5.41) is 0.813. The van der Waals surface area contributed by atoms with Crippen LogP contribution >= 0.6 is 0 Å². The third kappa shape index (κ3) is 2.23. The first-order valence-corrected chi connectivity index (χ1v) is 7.21. The largest absolute Gasteiger partial charge is 0.498 e. The number of benzene rings is 1. The van der Waals surface area contributed by atoms with Crippen molar-refractivity contribution in [3.8, 4) is 0 Å². The number of esters is 1. The van der Waals surface area contributed by atoms with Crippen LogP contribution in [0.3, 0.4) is 0 Å². The van der Waals surface area contributed by atoms with Gasteiger partial charge in [0.1, 0.15) is 5.58 Å². The average molecular weight is 302 g/mol. The summed E-state index contributed by atoms with van der Waals surface area (Å²) < 4.78 is 22.5. The Kier molecular flexibility index (Phi) is 3.34. The molecule has 0 N–H and O–H groups in total. The number of methoxy groups -OCH3 is 1. The topological polar surface area (TPSA) is 57.9 Å². The Morgan fingerprint density at radius 2 is 1.77 bits per heavy atom. The van der Waals surface area contributed by atoms with Crippen molar-refractivity contribution in [2.75, 3.05) is 7.11 Å². The maximum Gasteiger partial charge on any atom is 0.498 e. The van der Waals surface area contributed by atoms with E-state index in [1.807, 2.05) is 45.9 Å². The first-order valence-electron chi connectivity index (χ1n) is 7.21. The van der Waals surface area contributed by atoms with Crippen LogP contribution in [0, 0.1) is 0 Å². The predicted molar refractivity (Wildman–Crippen MR) is 83.3 cm³/mol. The maximum absolute atomic E-state index is 11.6. The number of ether oxygens (including phenoxy) is 1. The maximum atomic E-state index is 11.6. The van der Waals surface area contributed by atoms with Gasteiger partial charge in [-0.2, -0.15) is 0 Å². The summed E-state index contributed by atoms with van der Waals surface area (Å²) in [7, 11) is 0.787. The van der Waals surface area contributed by atoms with Gasteiger partial charge in [0.05, 0.1) is 18.3 Å². The average Bonchev–Trinajstić information content (AvgIpc) is 2.96. The van der Waals surface area contributed by atoms with Crippen molar-refractivity contribution in [3.63, 3.8) is 0 Å². The minimum Gasteiger partial charge on any atom is -0.463 e. The van der Waals surface area contributed by atoms with Crippen LogP contribution in [0.5, 0.6) is 0 Å². The van der Waals surface area contributed by atoms with Crippen molar-refractivity contribution in [1.29, 1.82) is 0 Å². The molecule has 0 atom stereocenters. The molecule has 1 aromatic carbocycles. The molecule has 2 heterocycles. The molecule has 0 unspecified atom stereocenters. The summed E-state index contributed by atoms with van der Waals surface area (Å²) in [6.07, 6.45) is 0. The normalized spacial score (nSPS) is 19.6. The Bertz CT molecular complexity index is 715. The van der Waals surface area contributed by atoms with Crippen LogP contribution in [0.25, 0.3) is 11.0 Å². The Balaban J connectivity index is 2.05. The Labute approximate surface area is 129 Å². The molecule has 3 rings (SSSR count). The Morgan fingerprint density at radius 3 is 2.36 bits per heavy atom. The number of carbonyl (C=O) groups excluding carboxylic acids is 1.